The zero-order chi connectivity index (χ0) is 18.4. The summed E-state index contributed by atoms with van der Waals surface area (Å²) in [6, 6.07) is 15.4. The van der Waals surface area contributed by atoms with E-state index in [1.54, 1.807) is 30.9 Å². The summed E-state index contributed by atoms with van der Waals surface area (Å²) in [5.41, 5.74) is 3.71. The first kappa shape index (κ1) is 18.1. The minimum atomic E-state index is -0.923. The van der Waals surface area contributed by atoms with E-state index in [9.17, 15) is 9.00 Å². The van der Waals surface area contributed by atoms with Crippen molar-refractivity contribution in [3.05, 3.63) is 89.5 Å². The molecule has 5 nitrogen and oxygen atoms in total. The Labute approximate surface area is 155 Å². The number of rotatable bonds is 7. The average Bonchev–Trinajstić information content (AvgIpc) is 3.13. The molecule has 0 saturated carbocycles. The van der Waals surface area contributed by atoms with Crippen molar-refractivity contribution in [2.24, 2.45) is 0 Å². The van der Waals surface area contributed by atoms with E-state index in [-0.39, 0.29) is 5.91 Å². The Morgan fingerprint density at radius 2 is 1.88 bits per heavy atom. The summed E-state index contributed by atoms with van der Waals surface area (Å²) in [5.74, 6) is 0.329. The van der Waals surface area contributed by atoms with E-state index in [1.807, 2.05) is 35.0 Å². The van der Waals surface area contributed by atoms with Crippen LogP contribution in [0.1, 0.15) is 27.0 Å². The van der Waals surface area contributed by atoms with Crippen molar-refractivity contribution in [3.63, 3.8) is 0 Å². The van der Waals surface area contributed by atoms with E-state index in [1.165, 1.54) is 5.56 Å². The second-order valence-corrected chi connectivity index (χ2v) is 7.59. The molecule has 1 heterocycles. The van der Waals surface area contributed by atoms with E-state index in [2.05, 4.69) is 22.4 Å². The van der Waals surface area contributed by atoms with Crippen LogP contribution in [0, 0.1) is 0 Å². The minimum absolute atomic E-state index is 0.128. The Morgan fingerprint density at radius 1 is 1.12 bits per heavy atom. The van der Waals surface area contributed by atoms with Gasteiger partial charge in [-0.1, -0.05) is 36.4 Å². The van der Waals surface area contributed by atoms with Crippen molar-refractivity contribution in [3.8, 4) is 0 Å². The smallest absolute Gasteiger partial charge is 0.251 e. The summed E-state index contributed by atoms with van der Waals surface area (Å²) in [4.78, 5) is 16.4. The molecular weight excluding hydrogens is 346 g/mol. The molecule has 0 aliphatic heterocycles. The molecule has 0 aliphatic carbocycles. The maximum absolute atomic E-state index is 12.3. The van der Waals surface area contributed by atoms with E-state index in [4.69, 9.17) is 0 Å². The van der Waals surface area contributed by atoms with Gasteiger partial charge in [0.1, 0.15) is 0 Å². The van der Waals surface area contributed by atoms with Crippen molar-refractivity contribution in [2.45, 2.75) is 18.8 Å². The molecule has 1 amide bonds. The SMILES string of the molecule is CS(=O)Cc1cccc(C(=O)NCc2ccc(Cn3ccnc3)cc2)c1. The number of hydrogen-bond acceptors (Lipinski definition) is 3. The fourth-order valence-electron chi connectivity index (χ4n) is 2.68. The number of nitrogens with zero attached hydrogens (tertiary/aromatic N) is 2. The van der Waals surface area contributed by atoms with Crippen LogP contribution in [0.25, 0.3) is 0 Å². The van der Waals surface area contributed by atoms with Crippen molar-refractivity contribution in [2.75, 3.05) is 6.26 Å². The molecule has 0 saturated heterocycles. The number of aromatic nitrogens is 2. The number of benzene rings is 2. The molecule has 0 fully saturated rings. The van der Waals surface area contributed by atoms with Gasteiger partial charge in [-0.05, 0) is 28.8 Å². The van der Waals surface area contributed by atoms with Crippen molar-refractivity contribution in [1.29, 1.82) is 0 Å². The predicted molar refractivity (Wildman–Crippen MR) is 103 cm³/mol. The van der Waals surface area contributed by atoms with Crippen LogP contribution in [-0.4, -0.2) is 25.9 Å². The first-order valence-electron chi connectivity index (χ1n) is 8.31. The zero-order valence-electron chi connectivity index (χ0n) is 14.6. The summed E-state index contributed by atoms with van der Waals surface area (Å²) >= 11 is 0. The molecule has 6 heteroatoms. The minimum Gasteiger partial charge on any atom is -0.348 e. The van der Waals surface area contributed by atoms with Crippen LogP contribution in [0.2, 0.25) is 0 Å². The lowest BCUT2D eigenvalue weighted by molar-refractivity contribution is 0.0951. The Morgan fingerprint density at radius 3 is 2.58 bits per heavy atom. The van der Waals surface area contributed by atoms with Gasteiger partial charge in [0.2, 0.25) is 0 Å². The lowest BCUT2D eigenvalue weighted by atomic mass is 10.1. The predicted octanol–water partition coefficient (Wildman–Crippen LogP) is 2.74. The third kappa shape index (κ3) is 5.13. The van der Waals surface area contributed by atoms with Gasteiger partial charge in [0.15, 0.2) is 0 Å². The van der Waals surface area contributed by atoms with Crippen molar-refractivity contribution < 1.29 is 9.00 Å². The molecular formula is C20H21N3O2S. The maximum Gasteiger partial charge on any atom is 0.251 e. The van der Waals surface area contributed by atoms with Crippen LogP contribution in [0.15, 0.2) is 67.3 Å². The van der Waals surface area contributed by atoms with Gasteiger partial charge in [-0.15, -0.1) is 0 Å². The molecule has 1 atom stereocenters. The van der Waals surface area contributed by atoms with Gasteiger partial charge < -0.3 is 9.88 Å². The van der Waals surface area contributed by atoms with E-state index >= 15 is 0 Å². The molecule has 134 valence electrons. The summed E-state index contributed by atoms with van der Waals surface area (Å²) < 4.78 is 13.3. The van der Waals surface area contributed by atoms with E-state index in [0.29, 0.717) is 17.9 Å². The van der Waals surface area contributed by atoms with Crippen LogP contribution >= 0.6 is 0 Å². The molecule has 0 radical (unpaired) electrons. The number of carbonyl (C=O) groups is 1. The summed E-state index contributed by atoms with van der Waals surface area (Å²) in [7, 11) is -0.923. The summed E-state index contributed by atoms with van der Waals surface area (Å²) in [6.07, 6.45) is 7.13. The number of amides is 1. The van der Waals surface area contributed by atoms with Crippen LogP contribution < -0.4 is 5.32 Å². The Bertz CT molecular complexity index is 890. The Hall–Kier alpha value is -2.73. The fraction of sp³-hybridized carbons (Fsp3) is 0.200. The molecule has 3 aromatic rings. The van der Waals surface area contributed by atoms with Crippen molar-refractivity contribution >= 4 is 16.7 Å². The normalized spacial score (nSPS) is 11.9. The number of carbonyl (C=O) groups excluding carboxylic acids is 1. The highest BCUT2D eigenvalue weighted by Gasteiger charge is 2.07. The largest absolute Gasteiger partial charge is 0.348 e. The molecule has 1 N–H and O–H groups in total. The molecule has 2 aromatic carbocycles. The molecule has 1 unspecified atom stereocenters. The quantitative estimate of drug-likeness (QED) is 0.698. The third-order valence-electron chi connectivity index (χ3n) is 3.96. The van der Waals surface area contributed by atoms with Crippen LogP contribution in [0.5, 0.6) is 0 Å². The highest BCUT2D eigenvalue weighted by molar-refractivity contribution is 7.83. The topological polar surface area (TPSA) is 64.0 Å². The van der Waals surface area contributed by atoms with E-state index < -0.39 is 10.8 Å². The molecule has 0 bridgehead atoms. The Kier molecular flexibility index (Phi) is 5.96. The first-order valence-corrected chi connectivity index (χ1v) is 10.0. The van der Waals surface area contributed by atoms with Gasteiger partial charge in [-0.3, -0.25) is 9.00 Å². The maximum atomic E-state index is 12.3. The highest BCUT2D eigenvalue weighted by atomic mass is 32.2. The van der Waals surface area contributed by atoms with Gasteiger partial charge in [-0.25, -0.2) is 4.98 Å². The monoisotopic (exact) mass is 367 g/mol. The fourth-order valence-corrected chi connectivity index (χ4v) is 3.32. The lowest BCUT2D eigenvalue weighted by Gasteiger charge is -2.08. The van der Waals surface area contributed by atoms with Crippen LogP contribution in [0.3, 0.4) is 0 Å². The van der Waals surface area contributed by atoms with Gasteiger partial charge in [-0.2, -0.15) is 0 Å². The van der Waals surface area contributed by atoms with E-state index in [0.717, 1.165) is 17.7 Å². The average molecular weight is 367 g/mol. The van der Waals surface area contributed by atoms with Gasteiger partial charge in [0.25, 0.3) is 5.91 Å². The number of nitrogens with one attached hydrogen (secondary N) is 1. The van der Waals surface area contributed by atoms with Crippen LogP contribution in [-0.2, 0) is 29.6 Å². The second kappa shape index (κ2) is 8.58. The molecule has 26 heavy (non-hydrogen) atoms. The van der Waals surface area contributed by atoms with Gasteiger partial charge >= 0.3 is 0 Å². The van der Waals surface area contributed by atoms with Gasteiger partial charge in [0.05, 0.1) is 6.33 Å². The second-order valence-electron chi connectivity index (χ2n) is 6.15. The first-order chi connectivity index (χ1) is 12.6. The standard InChI is InChI=1S/C20H21N3O2S/c1-26(25)14-18-3-2-4-19(11-18)20(24)22-12-16-5-7-17(8-6-16)13-23-10-9-21-15-23/h2-11,15H,12-14H2,1H3,(H,22,24). The lowest BCUT2D eigenvalue weighted by Crippen LogP contribution is -2.22. The van der Waals surface area contributed by atoms with Crippen molar-refractivity contribution in [1.82, 2.24) is 14.9 Å². The molecule has 0 spiro atoms. The number of hydrogen-bond donors (Lipinski definition) is 1. The zero-order valence-corrected chi connectivity index (χ0v) is 15.4. The Balaban J connectivity index is 1.56. The third-order valence-corrected chi connectivity index (χ3v) is 4.70. The summed E-state index contributed by atoms with van der Waals surface area (Å²) in [6.45, 7) is 1.24. The number of imidazole rings is 1. The van der Waals surface area contributed by atoms with Gasteiger partial charge in [0, 0.05) is 53.9 Å². The molecule has 3 rings (SSSR count). The molecule has 0 aliphatic rings. The van der Waals surface area contributed by atoms with Crippen LogP contribution in [0.4, 0.5) is 0 Å². The summed E-state index contributed by atoms with van der Waals surface area (Å²) in [5, 5.41) is 2.93. The highest BCUT2D eigenvalue weighted by Crippen LogP contribution is 2.09. The molecule has 1 aromatic heterocycles.